The monoisotopic (exact) mass is 257 g/mol. The Morgan fingerprint density at radius 3 is 2.71 bits per heavy atom. The fourth-order valence-corrected chi connectivity index (χ4v) is 2.34. The van der Waals surface area contributed by atoms with E-state index < -0.39 is 11.9 Å². The molecule has 2 atom stereocenters. The van der Waals surface area contributed by atoms with Gasteiger partial charge in [-0.1, -0.05) is 11.6 Å². The molecule has 1 aliphatic rings. The minimum Gasteiger partial charge on any atom is -0.439 e. The molecule has 1 heterocycles. The molecule has 92 valence electrons. The van der Waals surface area contributed by atoms with Gasteiger partial charge in [-0.15, -0.1) is 0 Å². The topological polar surface area (TPSA) is 29.5 Å². The Morgan fingerprint density at radius 1 is 1.47 bits per heavy atom. The number of likely N-dealkylation sites (N-methyl/N-ethyl adjacent to an activating group) is 1. The predicted octanol–water partition coefficient (Wildman–Crippen LogP) is 3.38. The molecule has 0 saturated carbocycles. The zero-order chi connectivity index (χ0) is 12.6. The van der Waals surface area contributed by atoms with Gasteiger partial charge < -0.3 is 9.64 Å². The second-order valence-electron chi connectivity index (χ2n) is 4.03. The van der Waals surface area contributed by atoms with Crippen LogP contribution in [0.25, 0.3) is 0 Å². The highest BCUT2D eigenvalue weighted by molar-refractivity contribution is 6.30. The van der Waals surface area contributed by atoms with Crippen LogP contribution in [0.3, 0.4) is 0 Å². The van der Waals surface area contributed by atoms with E-state index in [-0.39, 0.29) is 12.1 Å². The molecule has 0 aliphatic carbocycles. The molecule has 0 radical (unpaired) electrons. The van der Waals surface area contributed by atoms with Gasteiger partial charge in [0.1, 0.15) is 11.9 Å². The molecule has 0 aromatic heterocycles. The number of benzene rings is 1. The summed E-state index contributed by atoms with van der Waals surface area (Å²) in [6.45, 7) is 4.32. The van der Waals surface area contributed by atoms with Crippen LogP contribution in [-0.2, 0) is 4.74 Å². The first-order chi connectivity index (χ1) is 8.02. The zero-order valence-corrected chi connectivity index (χ0v) is 10.4. The summed E-state index contributed by atoms with van der Waals surface area (Å²) in [5.74, 6) is -0.425. The van der Waals surface area contributed by atoms with Crippen LogP contribution in [0.2, 0.25) is 5.02 Å². The largest absolute Gasteiger partial charge is 0.439 e. The Labute approximate surface area is 104 Å². The number of carbonyl (C=O) groups excluding carboxylic acids is 1. The quantitative estimate of drug-likeness (QED) is 0.813. The van der Waals surface area contributed by atoms with Crippen molar-refractivity contribution in [1.29, 1.82) is 0 Å². The van der Waals surface area contributed by atoms with Crippen LogP contribution in [0.4, 0.5) is 9.18 Å². The summed E-state index contributed by atoms with van der Waals surface area (Å²) in [4.78, 5) is 13.1. The van der Waals surface area contributed by atoms with Gasteiger partial charge >= 0.3 is 6.09 Å². The number of carbonyl (C=O) groups is 1. The number of hydrogen-bond acceptors (Lipinski definition) is 2. The standard InChI is InChI=1S/C12H13ClFNO2/c1-3-15-7(2)11(17-12(15)16)8-4-9(13)6-10(14)5-8/h4-7,11H,3H2,1-2H3/t7-,11-/m0/s1. The highest BCUT2D eigenvalue weighted by Gasteiger charge is 2.38. The fourth-order valence-electron chi connectivity index (χ4n) is 2.11. The molecule has 1 aliphatic heterocycles. The summed E-state index contributed by atoms with van der Waals surface area (Å²) >= 11 is 5.79. The van der Waals surface area contributed by atoms with Crippen molar-refractivity contribution in [3.05, 3.63) is 34.6 Å². The van der Waals surface area contributed by atoms with Crippen LogP contribution in [0.15, 0.2) is 18.2 Å². The highest BCUT2D eigenvalue weighted by Crippen LogP contribution is 2.33. The van der Waals surface area contributed by atoms with E-state index in [4.69, 9.17) is 16.3 Å². The average Bonchev–Trinajstić information content (AvgIpc) is 2.52. The molecule has 0 unspecified atom stereocenters. The van der Waals surface area contributed by atoms with Gasteiger partial charge in [0, 0.05) is 11.6 Å². The lowest BCUT2D eigenvalue weighted by Crippen LogP contribution is -2.31. The van der Waals surface area contributed by atoms with Gasteiger partial charge in [-0.05, 0) is 37.6 Å². The maximum Gasteiger partial charge on any atom is 0.410 e. The van der Waals surface area contributed by atoms with E-state index in [1.807, 2.05) is 13.8 Å². The molecule has 1 amide bonds. The Kier molecular flexibility index (Phi) is 3.24. The van der Waals surface area contributed by atoms with E-state index in [2.05, 4.69) is 0 Å². The summed E-state index contributed by atoms with van der Waals surface area (Å²) in [6, 6.07) is 4.08. The number of rotatable bonds is 2. The van der Waals surface area contributed by atoms with Crippen molar-refractivity contribution in [2.24, 2.45) is 0 Å². The van der Waals surface area contributed by atoms with Crippen LogP contribution in [0.1, 0.15) is 25.5 Å². The van der Waals surface area contributed by atoms with Gasteiger partial charge in [0.2, 0.25) is 0 Å². The molecule has 2 rings (SSSR count). The average molecular weight is 258 g/mol. The highest BCUT2D eigenvalue weighted by atomic mass is 35.5. The van der Waals surface area contributed by atoms with Crippen molar-refractivity contribution < 1.29 is 13.9 Å². The predicted molar refractivity (Wildman–Crippen MR) is 62.5 cm³/mol. The van der Waals surface area contributed by atoms with Crippen LogP contribution >= 0.6 is 11.6 Å². The zero-order valence-electron chi connectivity index (χ0n) is 9.61. The molecule has 5 heteroatoms. The lowest BCUT2D eigenvalue weighted by Gasteiger charge is -2.19. The lowest BCUT2D eigenvalue weighted by molar-refractivity contribution is 0.130. The smallest absolute Gasteiger partial charge is 0.410 e. The van der Waals surface area contributed by atoms with Crippen LogP contribution in [0, 0.1) is 5.82 Å². The van der Waals surface area contributed by atoms with E-state index in [1.54, 1.807) is 11.0 Å². The summed E-state index contributed by atoms with van der Waals surface area (Å²) in [5, 5.41) is 0.304. The molecule has 1 saturated heterocycles. The molecule has 0 spiro atoms. The first kappa shape index (κ1) is 12.2. The van der Waals surface area contributed by atoms with E-state index in [0.717, 1.165) is 0 Å². The van der Waals surface area contributed by atoms with Crippen LogP contribution in [-0.4, -0.2) is 23.6 Å². The van der Waals surface area contributed by atoms with Gasteiger partial charge in [-0.2, -0.15) is 0 Å². The van der Waals surface area contributed by atoms with E-state index in [9.17, 15) is 9.18 Å². The molecule has 17 heavy (non-hydrogen) atoms. The van der Waals surface area contributed by atoms with Crippen molar-refractivity contribution in [2.45, 2.75) is 26.0 Å². The number of ether oxygens (including phenoxy) is 1. The molecular weight excluding hydrogens is 245 g/mol. The fraction of sp³-hybridized carbons (Fsp3) is 0.417. The number of nitrogens with zero attached hydrogens (tertiary/aromatic N) is 1. The van der Waals surface area contributed by atoms with Crippen LogP contribution in [0.5, 0.6) is 0 Å². The third-order valence-corrected chi connectivity index (χ3v) is 3.16. The molecule has 1 fully saturated rings. The van der Waals surface area contributed by atoms with Crippen molar-refractivity contribution >= 4 is 17.7 Å². The second kappa shape index (κ2) is 4.53. The molecule has 1 aromatic carbocycles. The Morgan fingerprint density at radius 2 is 2.18 bits per heavy atom. The Balaban J connectivity index is 2.32. The first-order valence-corrected chi connectivity index (χ1v) is 5.84. The molecule has 0 N–H and O–H groups in total. The van der Waals surface area contributed by atoms with E-state index >= 15 is 0 Å². The normalized spacial score (nSPS) is 24.0. The number of amides is 1. The summed E-state index contributed by atoms with van der Waals surface area (Å²) < 4.78 is 18.5. The molecular formula is C12H13ClFNO2. The van der Waals surface area contributed by atoms with Gasteiger partial charge in [0.15, 0.2) is 0 Å². The SMILES string of the molecule is CCN1C(=O)O[C@H](c2cc(F)cc(Cl)c2)[C@@H]1C. The molecule has 3 nitrogen and oxygen atoms in total. The van der Waals surface area contributed by atoms with Gasteiger partial charge in [-0.25, -0.2) is 9.18 Å². The first-order valence-electron chi connectivity index (χ1n) is 5.46. The summed E-state index contributed by atoms with van der Waals surface area (Å²) in [6.07, 6.45) is -0.832. The third-order valence-electron chi connectivity index (χ3n) is 2.95. The van der Waals surface area contributed by atoms with Gasteiger partial charge in [0.05, 0.1) is 6.04 Å². The van der Waals surface area contributed by atoms with Gasteiger partial charge in [-0.3, -0.25) is 0 Å². The van der Waals surface area contributed by atoms with Crippen molar-refractivity contribution in [2.75, 3.05) is 6.54 Å². The maximum atomic E-state index is 13.2. The number of cyclic esters (lactones) is 1. The minimum atomic E-state index is -0.462. The molecule has 0 bridgehead atoms. The Hall–Kier alpha value is -1.29. The van der Waals surface area contributed by atoms with Gasteiger partial charge in [0.25, 0.3) is 0 Å². The summed E-state index contributed by atoms with van der Waals surface area (Å²) in [7, 11) is 0. The molecule has 1 aromatic rings. The van der Waals surface area contributed by atoms with Crippen molar-refractivity contribution in [1.82, 2.24) is 4.90 Å². The maximum absolute atomic E-state index is 13.2. The summed E-state index contributed by atoms with van der Waals surface area (Å²) in [5.41, 5.74) is 0.590. The minimum absolute atomic E-state index is 0.120. The number of hydrogen-bond donors (Lipinski definition) is 0. The van der Waals surface area contributed by atoms with Crippen molar-refractivity contribution in [3.63, 3.8) is 0 Å². The lowest BCUT2D eigenvalue weighted by atomic mass is 10.0. The van der Waals surface area contributed by atoms with Crippen LogP contribution < -0.4 is 0 Å². The third kappa shape index (κ3) is 2.22. The number of halogens is 2. The second-order valence-corrected chi connectivity index (χ2v) is 4.47. The van der Waals surface area contributed by atoms with Crippen molar-refractivity contribution in [3.8, 4) is 0 Å². The van der Waals surface area contributed by atoms with E-state index in [0.29, 0.717) is 17.1 Å². The van der Waals surface area contributed by atoms with E-state index in [1.165, 1.54) is 12.1 Å². The Bertz CT molecular complexity index is 432.